The number of carbonyl (C=O) groups excluding carboxylic acids is 3. The molecule has 2 fully saturated rings. The van der Waals surface area contributed by atoms with Gasteiger partial charge in [0.1, 0.15) is 6.04 Å². The zero-order chi connectivity index (χ0) is 26.6. The molecule has 0 bridgehead atoms. The van der Waals surface area contributed by atoms with Crippen molar-refractivity contribution in [2.24, 2.45) is 0 Å². The molecule has 3 amide bonds. The van der Waals surface area contributed by atoms with Gasteiger partial charge in [-0.05, 0) is 97.1 Å². The topological polar surface area (TPSA) is 82.6 Å². The van der Waals surface area contributed by atoms with Crippen molar-refractivity contribution >= 4 is 17.7 Å². The van der Waals surface area contributed by atoms with Gasteiger partial charge in [0.2, 0.25) is 11.8 Å². The number of nitrogens with zero attached hydrogens (tertiary/aromatic N) is 3. The number of carbonyl (C=O) groups is 3. The Kier molecular flexibility index (Phi) is 5.85. The van der Waals surface area contributed by atoms with E-state index < -0.39 is 6.04 Å². The summed E-state index contributed by atoms with van der Waals surface area (Å²) in [5.41, 5.74) is 8.10. The smallest absolute Gasteiger partial charge is 0.255 e. The number of amides is 3. The van der Waals surface area contributed by atoms with Crippen molar-refractivity contribution in [2.75, 3.05) is 13.1 Å². The van der Waals surface area contributed by atoms with Crippen LogP contribution in [0.1, 0.15) is 64.7 Å². The molecule has 198 valence electrons. The number of pyridine rings is 1. The summed E-state index contributed by atoms with van der Waals surface area (Å²) in [4.78, 5) is 45.7. The average molecular weight is 521 g/mol. The summed E-state index contributed by atoms with van der Waals surface area (Å²) in [5.74, 6) is -0.815. The lowest BCUT2D eigenvalue weighted by Crippen LogP contribution is -2.52. The first-order valence-electron chi connectivity index (χ1n) is 14.0. The van der Waals surface area contributed by atoms with E-state index in [0.717, 1.165) is 36.5 Å². The molecule has 7 nitrogen and oxygen atoms in total. The van der Waals surface area contributed by atoms with Gasteiger partial charge in [-0.2, -0.15) is 0 Å². The molecule has 1 atom stereocenters. The lowest BCUT2D eigenvalue weighted by Gasteiger charge is -2.40. The number of aromatic nitrogens is 1. The number of imide groups is 1. The zero-order valence-electron chi connectivity index (χ0n) is 22.0. The van der Waals surface area contributed by atoms with E-state index >= 15 is 0 Å². The third-order valence-electron chi connectivity index (χ3n) is 9.32. The lowest BCUT2D eigenvalue weighted by atomic mass is 9.74. The van der Waals surface area contributed by atoms with E-state index in [2.05, 4.69) is 51.6 Å². The largest absolute Gasteiger partial charge is 0.322 e. The first-order chi connectivity index (χ1) is 19.0. The molecule has 4 aliphatic rings. The fourth-order valence-electron chi connectivity index (χ4n) is 7.15. The Morgan fingerprint density at radius 3 is 2.62 bits per heavy atom. The molecule has 3 aromatic rings. The quantitative estimate of drug-likeness (QED) is 0.526. The highest BCUT2D eigenvalue weighted by Crippen LogP contribution is 2.46. The SMILES string of the molecule is O=C1CCC(N2Cc3cc(-c4cc(CN5CCC6(CCc7ccccc76)CC5)ccn4)ccc3C2=O)C(=O)N1. The van der Waals surface area contributed by atoms with Crippen molar-refractivity contribution in [3.8, 4) is 11.3 Å². The van der Waals surface area contributed by atoms with Crippen molar-refractivity contribution in [1.29, 1.82) is 0 Å². The summed E-state index contributed by atoms with van der Waals surface area (Å²) in [5, 5.41) is 2.36. The van der Waals surface area contributed by atoms with Crippen LogP contribution < -0.4 is 5.32 Å². The minimum atomic E-state index is -0.603. The van der Waals surface area contributed by atoms with Crippen LogP contribution in [0, 0.1) is 0 Å². The Labute approximate surface area is 228 Å². The van der Waals surface area contributed by atoms with Crippen LogP contribution in [0.2, 0.25) is 0 Å². The molecule has 0 saturated carbocycles. The highest BCUT2D eigenvalue weighted by Gasteiger charge is 2.41. The number of hydrogen-bond donors (Lipinski definition) is 1. The van der Waals surface area contributed by atoms with Crippen LogP contribution in [0.4, 0.5) is 0 Å². The highest BCUT2D eigenvalue weighted by molar-refractivity contribution is 6.05. The summed E-state index contributed by atoms with van der Waals surface area (Å²) in [6.45, 7) is 3.47. The maximum Gasteiger partial charge on any atom is 0.255 e. The van der Waals surface area contributed by atoms with Gasteiger partial charge in [-0.25, -0.2) is 0 Å². The third kappa shape index (κ3) is 4.25. The normalized spacial score (nSPS) is 22.2. The molecule has 1 unspecified atom stereocenters. The Morgan fingerprint density at radius 1 is 0.923 bits per heavy atom. The van der Waals surface area contributed by atoms with E-state index in [9.17, 15) is 14.4 Å². The van der Waals surface area contributed by atoms with Gasteiger partial charge in [-0.1, -0.05) is 30.3 Å². The predicted octanol–water partition coefficient (Wildman–Crippen LogP) is 3.99. The fourth-order valence-corrected chi connectivity index (χ4v) is 7.15. The lowest BCUT2D eigenvalue weighted by molar-refractivity contribution is -0.136. The number of aryl methyl sites for hydroxylation is 1. The third-order valence-corrected chi connectivity index (χ3v) is 9.32. The van der Waals surface area contributed by atoms with Crippen LogP contribution in [0.5, 0.6) is 0 Å². The summed E-state index contributed by atoms with van der Waals surface area (Å²) in [6.07, 6.45) is 7.41. The number of hydrogen-bond acceptors (Lipinski definition) is 5. The van der Waals surface area contributed by atoms with E-state index in [1.54, 1.807) is 16.0 Å². The molecule has 0 radical (unpaired) electrons. The molecule has 39 heavy (non-hydrogen) atoms. The fraction of sp³-hybridized carbons (Fsp3) is 0.375. The van der Waals surface area contributed by atoms with Crippen molar-refractivity contribution < 1.29 is 14.4 Å². The van der Waals surface area contributed by atoms with Crippen molar-refractivity contribution in [3.63, 3.8) is 0 Å². The van der Waals surface area contributed by atoms with Crippen LogP contribution in [0.25, 0.3) is 11.3 Å². The van der Waals surface area contributed by atoms with Crippen LogP contribution in [0.15, 0.2) is 60.8 Å². The van der Waals surface area contributed by atoms with Gasteiger partial charge in [-0.15, -0.1) is 0 Å². The van der Waals surface area contributed by atoms with Crippen molar-refractivity contribution in [3.05, 3.63) is 88.6 Å². The van der Waals surface area contributed by atoms with Crippen LogP contribution in [0.3, 0.4) is 0 Å². The predicted molar refractivity (Wildman–Crippen MR) is 147 cm³/mol. The molecule has 1 aliphatic carbocycles. The summed E-state index contributed by atoms with van der Waals surface area (Å²) in [6, 6.07) is 18.5. The van der Waals surface area contributed by atoms with E-state index in [1.807, 2.05) is 24.4 Å². The molecular formula is C32H32N4O3. The second-order valence-corrected chi connectivity index (χ2v) is 11.5. The molecule has 1 spiro atoms. The molecule has 1 aromatic heterocycles. The van der Waals surface area contributed by atoms with Gasteiger partial charge in [0.25, 0.3) is 5.91 Å². The Balaban J connectivity index is 1.04. The molecule has 7 rings (SSSR count). The van der Waals surface area contributed by atoms with Gasteiger partial charge in [0.05, 0.1) is 5.69 Å². The second-order valence-electron chi connectivity index (χ2n) is 11.5. The summed E-state index contributed by atoms with van der Waals surface area (Å²) >= 11 is 0. The van der Waals surface area contributed by atoms with Crippen LogP contribution in [-0.4, -0.2) is 51.6 Å². The summed E-state index contributed by atoms with van der Waals surface area (Å²) < 4.78 is 0. The van der Waals surface area contributed by atoms with E-state index in [4.69, 9.17) is 0 Å². The number of nitrogens with one attached hydrogen (secondary N) is 1. The van der Waals surface area contributed by atoms with Gasteiger partial charge in [0.15, 0.2) is 0 Å². The van der Waals surface area contributed by atoms with Gasteiger partial charge < -0.3 is 4.90 Å². The van der Waals surface area contributed by atoms with E-state index in [-0.39, 0.29) is 24.1 Å². The molecule has 2 saturated heterocycles. The summed E-state index contributed by atoms with van der Waals surface area (Å²) in [7, 11) is 0. The number of rotatable bonds is 4. The molecule has 3 aliphatic heterocycles. The number of likely N-dealkylation sites (tertiary alicyclic amines) is 1. The maximum absolute atomic E-state index is 13.0. The minimum Gasteiger partial charge on any atom is -0.322 e. The standard InChI is InChI=1S/C32H32N4O3/c37-29-8-7-28(30(38)34-29)36-20-24-18-23(5-6-25(24)31(36)39)27-17-21(10-14-33-27)19-35-15-12-32(13-16-35)11-9-22-3-1-2-4-26(22)32/h1-6,10,14,17-18,28H,7-9,11-13,15-16,19-20H2,(H,34,37,38). The molecular weight excluding hydrogens is 488 g/mol. The number of fused-ring (bicyclic) bond motifs is 3. The highest BCUT2D eigenvalue weighted by atomic mass is 16.2. The van der Waals surface area contributed by atoms with E-state index in [1.165, 1.54) is 31.2 Å². The maximum atomic E-state index is 13.0. The van der Waals surface area contributed by atoms with Gasteiger partial charge >= 0.3 is 0 Å². The number of benzene rings is 2. The number of piperidine rings is 2. The Morgan fingerprint density at radius 2 is 1.77 bits per heavy atom. The minimum absolute atomic E-state index is 0.152. The molecule has 2 aromatic carbocycles. The van der Waals surface area contributed by atoms with Crippen LogP contribution in [-0.2, 0) is 34.5 Å². The molecule has 1 N–H and O–H groups in total. The zero-order valence-corrected chi connectivity index (χ0v) is 22.0. The van der Waals surface area contributed by atoms with E-state index in [0.29, 0.717) is 23.9 Å². The molecule has 7 heteroatoms. The molecule has 4 heterocycles. The monoisotopic (exact) mass is 520 g/mol. The van der Waals surface area contributed by atoms with Crippen molar-refractivity contribution in [1.82, 2.24) is 20.1 Å². The van der Waals surface area contributed by atoms with Crippen molar-refractivity contribution in [2.45, 2.75) is 63.1 Å². The first kappa shape index (κ1) is 24.2. The second kappa shape index (κ2) is 9.42. The Bertz CT molecular complexity index is 1490. The van der Waals surface area contributed by atoms with Crippen LogP contribution >= 0.6 is 0 Å². The average Bonchev–Trinajstić information content (AvgIpc) is 3.47. The first-order valence-corrected chi connectivity index (χ1v) is 14.0. The van der Waals surface area contributed by atoms with Gasteiger partial charge in [-0.3, -0.25) is 29.6 Å². The Hall–Kier alpha value is -3.84. The van der Waals surface area contributed by atoms with Gasteiger partial charge in [0, 0.05) is 36.8 Å².